The number of hydrogen-bond donors (Lipinski definition) is 3. The fourth-order valence-corrected chi connectivity index (χ4v) is 5.19. The van der Waals surface area contributed by atoms with Gasteiger partial charge in [0.1, 0.15) is 6.61 Å². The van der Waals surface area contributed by atoms with Gasteiger partial charge in [0.15, 0.2) is 0 Å². The van der Waals surface area contributed by atoms with Gasteiger partial charge in [-0.05, 0) is 53.4 Å². The van der Waals surface area contributed by atoms with Crippen molar-refractivity contribution in [3.63, 3.8) is 0 Å². The molecule has 2 aliphatic rings. The Hall–Kier alpha value is -3.35. The molecule has 0 aliphatic heterocycles. The number of rotatable bonds is 9. The lowest BCUT2D eigenvalue weighted by Crippen LogP contribution is -2.34. The Bertz CT molecular complexity index is 1010. The Morgan fingerprint density at radius 1 is 1.03 bits per heavy atom. The Labute approximate surface area is 199 Å². The summed E-state index contributed by atoms with van der Waals surface area (Å²) >= 11 is 0. The molecule has 1 unspecified atom stereocenters. The largest absolute Gasteiger partial charge is 0.481 e. The number of carboxylic acids is 1. The summed E-state index contributed by atoms with van der Waals surface area (Å²) in [5, 5.41) is 14.6. The van der Waals surface area contributed by atoms with Gasteiger partial charge in [-0.15, -0.1) is 0 Å². The van der Waals surface area contributed by atoms with Crippen molar-refractivity contribution in [3.8, 4) is 11.1 Å². The van der Waals surface area contributed by atoms with Crippen molar-refractivity contribution in [2.24, 2.45) is 11.8 Å². The van der Waals surface area contributed by atoms with Gasteiger partial charge in [-0.2, -0.15) is 0 Å². The Morgan fingerprint density at radius 2 is 1.68 bits per heavy atom. The predicted molar refractivity (Wildman–Crippen MR) is 128 cm³/mol. The molecular weight excluding hydrogens is 432 g/mol. The maximum absolute atomic E-state index is 12.5. The number of fused-ring (bicyclic) bond motifs is 3. The molecule has 0 bridgehead atoms. The monoisotopic (exact) mass is 464 g/mol. The molecule has 0 aromatic heterocycles. The van der Waals surface area contributed by atoms with E-state index in [1.807, 2.05) is 24.3 Å². The number of ether oxygens (including phenoxy) is 1. The molecule has 7 heteroatoms. The molecule has 1 fully saturated rings. The minimum Gasteiger partial charge on any atom is -0.481 e. The molecule has 3 atom stereocenters. The second-order valence-electron chi connectivity index (χ2n) is 9.56. The number of amides is 2. The SMILES string of the molecule is CC(CNC(=O)C[C@@H]1CC[C@H](NC(=O)OCC2c3ccccc3-c3ccccc32)C1)CC(=O)O. The first kappa shape index (κ1) is 23.8. The van der Waals surface area contributed by atoms with Crippen LogP contribution in [-0.4, -0.2) is 42.3 Å². The maximum atomic E-state index is 12.5. The summed E-state index contributed by atoms with van der Waals surface area (Å²) in [5.41, 5.74) is 4.75. The molecule has 4 rings (SSSR count). The summed E-state index contributed by atoms with van der Waals surface area (Å²) in [6, 6.07) is 16.5. The third-order valence-electron chi connectivity index (χ3n) is 6.85. The molecule has 180 valence electrons. The summed E-state index contributed by atoms with van der Waals surface area (Å²) in [6.07, 6.45) is 2.43. The van der Waals surface area contributed by atoms with Crippen LogP contribution in [0.1, 0.15) is 56.1 Å². The Morgan fingerprint density at radius 3 is 2.32 bits per heavy atom. The van der Waals surface area contributed by atoms with E-state index < -0.39 is 12.1 Å². The number of hydrogen-bond acceptors (Lipinski definition) is 4. The highest BCUT2D eigenvalue weighted by Gasteiger charge is 2.31. The average molecular weight is 465 g/mol. The van der Waals surface area contributed by atoms with Gasteiger partial charge in [0.2, 0.25) is 5.91 Å². The molecule has 2 aromatic rings. The van der Waals surface area contributed by atoms with Gasteiger partial charge in [0, 0.05) is 31.3 Å². The molecule has 0 spiro atoms. The van der Waals surface area contributed by atoms with Crippen LogP contribution in [0.5, 0.6) is 0 Å². The molecule has 2 aromatic carbocycles. The average Bonchev–Trinajstić information content (AvgIpc) is 3.37. The van der Waals surface area contributed by atoms with Crippen LogP contribution in [0.4, 0.5) is 4.79 Å². The van der Waals surface area contributed by atoms with Gasteiger partial charge in [-0.25, -0.2) is 4.79 Å². The summed E-state index contributed by atoms with van der Waals surface area (Å²) < 4.78 is 5.64. The zero-order valence-electron chi connectivity index (χ0n) is 19.5. The van der Waals surface area contributed by atoms with Gasteiger partial charge in [-0.3, -0.25) is 9.59 Å². The van der Waals surface area contributed by atoms with E-state index >= 15 is 0 Å². The van der Waals surface area contributed by atoms with Gasteiger partial charge in [0.05, 0.1) is 0 Å². The summed E-state index contributed by atoms with van der Waals surface area (Å²) in [5.74, 6) is -0.799. The molecule has 7 nitrogen and oxygen atoms in total. The summed E-state index contributed by atoms with van der Waals surface area (Å²) in [6.45, 7) is 2.45. The first-order chi connectivity index (χ1) is 16.4. The number of carboxylic acid groups (broad SMARTS) is 1. The number of alkyl carbamates (subject to hydrolysis) is 1. The lowest BCUT2D eigenvalue weighted by molar-refractivity contribution is -0.138. The molecule has 34 heavy (non-hydrogen) atoms. The van der Waals surface area contributed by atoms with E-state index in [-0.39, 0.29) is 42.7 Å². The van der Waals surface area contributed by atoms with Gasteiger partial charge in [0.25, 0.3) is 0 Å². The van der Waals surface area contributed by atoms with Crippen LogP contribution in [0, 0.1) is 11.8 Å². The zero-order chi connectivity index (χ0) is 24.1. The number of benzene rings is 2. The summed E-state index contributed by atoms with van der Waals surface area (Å²) in [4.78, 5) is 35.4. The van der Waals surface area contributed by atoms with Crippen LogP contribution < -0.4 is 10.6 Å². The van der Waals surface area contributed by atoms with E-state index in [1.165, 1.54) is 22.3 Å². The highest BCUT2D eigenvalue weighted by molar-refractivity contribution is 5.79. The first-order valence-electron chi connectivity index (χ1n) is 12.0. The Kier molecular flexibility index (Phi) is 7.50. The third kappa shape index (κ3) is 5.76. The maximum Gasteiger partial charge on any atom is 0.407 e. The van der Waals surface area contributed by atoms with Gasteiger partial charge in [-0.1, -0.05) is 55.5 Å². The van der Waals surface area contributed by atoms with E-state index in [0.29, 0.717) is 13.0 Å². The highest BCUT2D eigenvalue weighted by Crippen LogP contribution is 2.44. The molecule has 0 radical (unpaired) electrons. The zero-order valence-corrected chi connectivity index (χ0v) is 19.5. The van der Waals surface area contributed by atoms with E-state index in [1.54, 1.807) is 6.92 Å². The molecule has 0 heterocycles. The smallest absolute Gasteiger partial charge is 0.407 e. The topological polar surface area (TPSA) is 105 Å². The number of carbonyl (C=O) groups is 3. The van der Waals surface area contributed by atoms with Crippen molar-refractivity contribution >= 4 is 18.0 Å². The standard InChI is InChI=1S/C27H32N2O5/c1-17(12-26(31)32)15-28-25(30)14-18-10-11-19(13-18)29-27(33)34-16-24-22-8-4-2-6-20(22)21-7-3-5-9-23(21)24/h2-9,17-19,24H,10-16H2,1H3,(H,28,30)(H,29,33)(H,31,32)/t17?,18-,19+/m1/s1. The number of aliphatic carboxylic acids is 1. The normalized spacial score (nSPS) is 19.7. The molecule has 1 saturated carbocycles. The van der Waals surface area contributed by atoms with E-state index in [4.69, 9.17) is 9.84 Å². The van der Waals surface area contributed by atoms with Crippen LogP contribution in [0.2, 0.25) is 0 Å². The van der Waals surface area contributed by atoms with Gasteiger partial charge >= 0.3 is 12.1 Å². The molecule has 2 amide bonds. The predicted octanol–water partition coefficient (Wildman–Crippen LogP) is 4.31. The van der Waals surface area contributed by atoms with Crippen LogP contribution >= 0.6 is 0 Å². The van der Waals surface area contributed by atoms with Crippen molar-refractivity contribution < 1.29 is 24.2 Å². The van der Waals surface area contributed by atoms with Gasteiger partial charge < -0.3 is 20.5 Å². The highest BCUT2D eigenvalue weighted by atomic mass is 16.5. The van der Waals surface area contributed by atoms with E-state index in [2.05, 4.69) is 34.9 Å². The molecular formula is C27H32N2O5. The van der Waals surface area contributed by atoms with E-state index in [0.717, 1.165) is 19.3 Å². The fourth-order valence-electron chi connectivity index (χ4n) is 5.19. The number of nitrogens with one attached hydrogen (secondary N) is 2. The minimum absolute atomic E-state index is 0.000570. The van der Waals surface area contributed by atoms with Crippen molar-refractivity contribution in [1.82, 2.24) is 10.6 Å². The quantitative estimate of drug-likeness (QED) is 0.513. The second-order valence-corrected chi connectivity index (χ2v) is 9.56. The van der Waals surface area contributed by atoms with Crippen LogP contribution in [0.25, 0.3) is 11.1 Å². The van der Waals surface area contributed by atoms with Crippen molar-refractivity contribution in [1.29, 1.82) is 0 Å². The van der Waals surface area contributed by atoms with E-state index in [9.17, 15) is 14.4 Å². The van der Waals surface area contributed by atoms with Crippen LogP contribution in [-0.2, 0) is 14.3 Å². The van der Waals surface area contributed by atoms with Crippen LogP contribution in [0.3, 0.4) is 0 Å². The lowest BCUT2D eigenvalue weighted by Gasteiger charge is -2.17. The van der Waals surface area contributed by atoms with Crippen molar-refractivity contribution in [2.75, 3.05) is 13.2 Å². The number of carbonyl (C=O) groups excluding carboxylic acids is 2. The fraction of sp³-hybridized carbons (Fsp3) is 0.444. The van der Waals surface area contributed by atoms with Crippen LogP contribution in [0.15, 0.2) is 48.5 Å². The van der Waals surface area contributed by atoms with Crippen molar-refractivity contribution in [3.05, 3.63) is 59.7 Å². The molecule has 3 N–H and O–H groups in total. The summed E-state index contributed by atoms with van der Waals surface area (Å²) in [7, 11) is 0. The minimum atomic E-state index is -0.861. The second kappa shape index (κ2) is 10.7. The first-order valence-corrected chi connectivity index (χ1v) is 12.0. The third-order valence-corrected chi connectivity index (χ3v) is 6.85. The lowest BCUT2D eigenvalue weighted by atomic mass is 9.98. The molecule has 2 aliphatic carbocycles. The Balaban J connectivity index is 1.21. The molecule has 0 saturated heterocycles. The van der Waals surface area contributed by atoms with Crippen molar-refractivity contribution in [2.45, 2.75) is 51.0 Å².